The molecule has 0 aromatic carbocycles. The molecule has 16 heavy (non-hydrogen) atoms. The van der Waals surface area contributed by atoms with Crippen molar-refractivity contribution in [2.24, 2.45) is 5.84 Å². The highest BCUT2D eigenvalue weighted by atomic mass is 15.4. The second-order valence-electron chi connectivity index (χ2n) is 3.47. The fraction of sp³-hybridized carbons (Fsp3) is 0.667. The lowest BCUT2D eigenvalue weighted by atomic mass is 10.5. The van der Waals surface area contributed by atoms with Gasteiger partial charge in [0.05, 0.1) is 0 Å². The lowest BCUT2D eigenvalue weighted by molar-refractivity contribution is 0.806. The Balaban J connectivity index is 3.12. The fourth-order valence-corrected chi connectivity index (χ4v) is 1.27. The molecule has 0 atom stereocenters. The highest BCUT2D eigenvalue weighted by Crippen LogP contribution is 2.14. The first-order valence-corrected chi connectivity index (χ1v) is 5.27. The van der Waals surface area contributed by atoms with Gasteiger partial charge in [0.25, 0.3) is 0 Å². The Kier molecular flexibility index (Phi) is 4.24. The minimum atomic E-state index is 0.376. The van der Waals surface area contributed by atoms with E-state index in [1.807, 2.05) is 23.9 Å². The molecule has 0 spiro atoms. The van der Waals surface area contributed by atoms with Gasteiger partial charge in [-0.1, -0.05) is 0 Å². The highest BCUT2D eigenvalue weighted by molar-refractivity contribution is 5.43. The van der Waals surface area contributed by atoms with E-state index in [0.29, 0.717) is 17.8 Å². The number of hydrogen-bond acceptors (Lipinski definition) is 7. The molecule has 0 fully saturated rings. The van der Waals surface area contributed by atoms with Crippen LogP contribution < -0.4 is 21.1 Å². The molecule has 0 amide bonds. The summed E-state index contributed by atoms with van der Waals surface area (Å²) in [6, 6.07) is 0. The molecule has 1 aromatic heterocycles. The fourth-order valence-electron chi connectivity index (χ4n) is 1.27. The van der Waals surface area contributed by atoms with Crippen LogP contribution in [0.4, 0.5) is 17.8 Å². The van der Waals surface area contributed by atoms with Gasteiger partial charge in [-0.3, -0.25) is 5.43 Å². The molecule has 0 saturated heterocycles. The van der Waals surface area contributed by atoms with Crippen LogP contribution >= 0.6 is 0 Å². The molecular formula is C9H19N7. The monoisotopic (exact) mass is 225 g/mol. The van der Waals surface area contributed by atoms with Crippen LogP contribution in [0, 0.1) is 0 Å². The molecule has 1 rings (SSSR count). The zero-order valence-corrected chi connectivity index (χ0v) is 10.2. The Morgan fingerprint density at radius 2 is 1.62 bits per heavy atom. The summed E-state index contributed by atoms with van der Waals surface area (Å²) in [7, 11) is 3.75. The number of rotatable bonds is 5. The maximum Gasteiger partial charge on any atom is 0.243 e. The van der Waals surface area contributed by atoms with Crippen LogP contribution in [0.15, 0.2) is 0 Å². The van der Waals surface area contributed by atoms with Crippen molar-refractivity contribution in [3.8, 4) is 0 Å². The molecule has 0 aliphatic rings. The third-order valence-corrected chi connectivity index (χ3v) is 2.19. The number of anilines is 3. The molecule has 90 valence electrons. The van der Waals surface area contributed by atoms with Crippen molar-refractivity contribution in [2.45, 2.75) is 13.8 Å². The first-order valence-electron chi connectivity index (χ1n) is 5.27. The van der Waals surface area contributed by atoms with Crippen molar-refractivity contribution in [1.29, 1.82) is 0 Å². The maximum absolute atomic E-state index is 5.33. The second kappa shape index (κ2) is 5.45. The smallest absolute Gasteiger partial charge is 0.243 e. The molecular weight excluding hydrogens is 206 g/mol. The largest absolute Gasteiger partial charge is 0.347 e. The van der Waals surface area contributed by atoms with Gasteiger partial charge in [0.1, 0.15) is 0 Å². The normalized spacial score (nSPS) is 10.1. The zero-order chi connectivity index (χ0) is 12.1. The molecule has 0 aliphatic heterocycles. The topological polar surface area (TPSA) is 83.2 Å². The number of nitrogens with zero attached hydrogens (tertiary/aromatic N) is 5. The van der Waals surface area contributed by atoms with E-state index < -0.39 is 0 Å². The molecule has 0 radical (unpaired) electrons. The van der Waals surface area contributed by atoms with Crippen molar-refractivity contribution < 1.29 is 0 Å². The first-order chi connectivity index (χ1) is 7.62. The Morgan fingerprint density at radius 1 is 1.06 bits per heavy atom. The average Bonchev–Trinajstić information content (AvgIpc) is 2.30. The molecule has 1 aromatic rings. The summed E-state index contributed by atoms with van der Waals surface area (Å²) in [5, 5.41) is 0. The van der Waals surface area contributed by atoms with Crippen LogP contribution in [0.5, 0.6) is 0 Å². The standard InChI is InChI=1S/C9H19N7/c1-5-16(6-2)9-12-7(14-10)11-8(13-9)15(3)4/h5-6,10H2,1-4H3,(H,11,12,13,14). The number of nitrogens with two attached hydrogens (primary N) is 1. The van der Waals surface area contributed by atoms with E-state index in [-0.39, 0.29) is 0 Å². The molecule has 0 bridgehead atoms. The third-order valence-electron chi connectivity index (χ3n) is 2.19. The molecule has 7 nitrogen and oxygen atoms in total. The van der Waals surface area contributed by atoms with Crippen LogP contribution in [0.3, 0.4) is 0 Å². The third kappa shape index (κ3) is 2.69. The van der Waals surface area contributed by atoms with Crippen LogP contribution in [-0.2, 0) is 0 Å². The van der Waals surface area contributed by atoms with Crippen molar-refractivity contribution in [3.05, 3.63) is 0 Å². The van der Waals surface area contributed by atoms with E-state index in [9.17, 15) is 0 Å². The van der Waals surface area contributed by atoms with Gasteiger partial charge in [-0.25, -0.2) is 5.84 Å². The molecule has 0 saturated carbocycles. The van der Waals surface area contributed by atoms with E-state index in [1.54, 1.807) is 0 Å². The number of nitrogens with one attached hydrogen (secondary N) is 1. The quantitative estimate of drug-likeness (QED) is 0.542. The van der Waals surface area contributed by atoms with Gasteiger partial charge in [0, 0.05) is 27.2 Å². The molecule has 1 heterocycles. The highest BCUT2D eigenvalue weighted by Gasteiger charge is 2.11. The minimum absolute atomic E-state index is 0.376. The molecule has 7 heteroatoms. The Labute approximate surface area is 95.7 Å². The maximum atomic E-state index is 5.33. The summed E-state index contributed by atoms with van der Waals surface area (Å²) in [6.45, 7) is 5.80. The van der Waals surface area contributed by atoms with Gasteiger partial charge >= 0.3 is 0 Å². The van der Waals surface area contributed by atoms with Crippen molar-refractivity contribution in [2.75, 3.05) is 42.4 Å². The van der Waals surface area contributed by atoms with E-state index in [4.69, 9.17) is 5.84 Å². The van der Waals surface area contributed by atoms with Gasteiger partial charge in [0.2, 0.25) is 17.8 Å². The summed E-state index contributed by atoms with van der Waals surface area (Å²) in [6.07, 6.45) is 0. The molecule has 0 unspecified atom stereocenters. The Bertz CT molecular complexity index is 335. The average molecular weight is 225 g/mol. The predicted molar refractivity (Wildman–Crippen MR) is 65.5 cm³/mol. The number of hydrogen-bond donors (Lipinski definition) is 2. The van der Waals surface area contributed by atoms with E-state index in [1.165, 1.54) is 0 Å². The molecule has 3 N–H and O–H groups in total. The summed E-state index contributed by atoms with van der Waals surface area (Å²) in [4.78, 5) is 16.6. The lowest BCUT2D eigenvalue weighted by Gasteiger charge is -2.20. The summed E-state index contributed by atoms with van der Waals surface area (Å²) in [5.74, 6) is 6.93. The van der Waals surface area contributed by atoms with E-state index in [2.05, 4.69) is 34.2 Å². The van der Waals surface area contributed by atoms with Crippen molar-refractivity contribution >= 4 is 17.8 Å². The minimum Gasteiger partial charge on any atom is -0.347 e. The number of hydrazine groups is 1. The van der Waals surface area contributed by atoms with Crippen molar-refractivity contribution in [1.82, 2.24) is 15.0 Å². The Hall–Kier alpha value is -1.63. The number of aromatic nitrogens is 3. The van der Waals surface area contributed by atoms with Crippen LogP contribution in [0.25, 0.3) is 0 Å². The lowest BCUT2D eigenvalue weighted by Crippen LogP contribution is -2.27. The second-order valence-corrected chi connectivity index (χ2v) is 3.47. The summed E-state index contributed by atoms with van der Waals surface area (Å²) >= 11 is 0. The first kappa shape index (κ1) is 12.4. The van der Waals surface area contributed by atoms with E-state index in [0.717, 1.165) is 13.1 Å². The van der Waals surface area contributed by atoms with Gasteiger partial charge in [-0.05, 0) is 13.8 Å². The number of nitrogen functional groups attached to an aromatic ring is 1. The van der Waals surface area contributed by atoms with Crippen LogP contribution in [0.2, 0.25) is 0 Å². The SMILES string of the molecule is CCN(CC)c1nc(NN)nc(N(C)C)n1. The van der Waals surface area contributed by atoms with Gasteiger partial charge in [0.15, 0.2) is 0 Å². The van der Waals surface area contributed by atoms with E-state index >= 15 is 0 Å². The predicted octanol–water partition coefficient (Wildman–Crippen LogP) is 0.0694. The van der Waals surface area contributed by atoms with Crippen LogP contribution in [0.1, 0.15) is 13.8 Å². The molecule has 0 aliphatic carbocycles. The zero-order valence-electron chi connectivity index (χ0n) is 10.2. The van der Waals surface area contributed by atoms with Crippen LogP contribution in [-0.4, -0.2) is 42.1 Å². The van der Waals surface area contributed by atoms with Crippen molar-refractivity contribution in [3.63, 3.8) is 0 Å². The summed E-state index contributed by atoms with van der Waals surface area (Å²) in [5.41, 5.74) is 2.45. The van der Waals surface area contributed by atoms with Gasteiger partial charge in [-0.2, -0.15) is 15.0 Å². The van der Waals surface area contributed by atoms with Gasteiger partial charge in [-0.15, -0.1) is 0 Å². The summed E-state index contributed by atoms with van der Waals surface area (Å²) < 4.78 is 0. The Morgan fingerprint density at radius 3 is 2.06 bits per heavy atom. The van der Waals surface area contributed by atoms with Gasteiger partial charge < -0.3 is 9.80 Å².